The van der Waals surface area contributed by atoms with Gasteiger partial charge in [-0.05, 0) is 18.6 Å². The second-order valence-electron chi connectivity index (χ2n) is 3.37. The molecule has 15 heavy (non-hydrogen) atoms. The average molecular weight is 246 g/mol. The Morgan fingerprint density at radius 2 is 2.27 bits per heavy atom. The third-order valence-electron chi connectivity index (χ3n) is 2.04. The molecule has 0 aromatic heterocycles. The van der Waals surface area contributed by atoms with E-state index >= 15 is 0 Å². The zero-order chi connectivity index (χ0) is 11.3. The van der Waals surface area contributed by atoms with Gasteiger partial charge >= 0.3 is 0 Å². The summed E-state index contributed by atoms with van der Waals surface area (Å²) >= 11 is 7.78. The van der Waals surface area contributed by atoms with E-state index in [9.17, 15) is 0 Å². The van der Waals surface area contributed by atoms with Crippen molar-refractivity contribution in [3.05, 3.63) is 23.2 Å². The average Bonchev–Trinajstić information content (AvgIpc) is 2.21. The highest BCUT2D eigenvalue weighted by atomic mass is 35.5. The van der Waals surface area contributed by atoms with E-state index in [0.717, 1.165) is 28.6 Å². The molecule has 0 aliphatic carbocycles. The molecule has 0 amide bonds. The van der Waals surface area contributed by atoms with Crippen molar-refractivity contribution >= 4 is 29.1 Å². The minimum Gasteiger partial charge on any atom is -0.398 e. The van der Waals surface area contributed by atoms with Gasteiger partial charge in [-0.1, -0.05) is 24.6 Å². The van der Waals surface area contributed by atoms with E-state index < -0.39 is 0 Å². The molecule has 1 aromatic carbocycles. The highest BCUT2D eigenvalue weighted by Gasteiger charge is 2.10. The largest absolute Gasteiger partial charge is 0.398 e. The number of ether oxygens (including phenoxy) is 1. The number of anilines is 1. The van der Waals surface area contributed by atoms with Crippen LogP contribution in [0.5, 0.6) is 0 Å². The van der Waals surface area contributed by atoms with Crippen molar-refractivity contribution in [2.75, 3.05) is 19.5 Å². The molecule has 0 bridgehead atoms. The van der Waals surface area contributed by atoms with E-state index in [1.54, 1.807) is 18.9 Å². The Morgan fingerprint density at radius 1 is 1.53 bits per heavy atom. The quantitative estimate of drug-likeness (QED) is 0.638. The lowest BCUT2D eigenvalue weighted by molar-refractivity contribution is 0.195. The number of nitrogen functional groups attached to an aromatic ring is 1. The molecule has 0 heterocycles. The molecule has 2 N–H and O–H groups in total. The van der Waals surface area contributed by atoms with Gasteiger partial charge in [-0.15, -0.1) is 11.8 Å². The molecule has 2 nitrogen and oxygen atoms in total. The van der Waals surface area contributed by atoms with Crippen LogP contribution in [0.25, 0.3) is 0 Å². The van der Waals surface area contributed by atoms with Gasteiger partial charge in [0.2, 0.25) is 0 Å². The van der Waals surface area contributed by atoms with Gasteiger partial charge in [0.05, 0.1) is 5.02 Å². The molecule has 0 saturated carbocycles. The Hall–Kier alpha value is -0.380. The predicted octanol–water partition coefficient (Wildman–Crippen LogP) is 3.44. The summed E-state index contributed by atoms with van der Waals surface area (Å²) in [5.74, 6) is 0. The first-order chi connectivity index (χ1) is 7.15. The summed E-state index contributed by atoms with van der Waals surface area (Å²) in [6, 6.07) is 5.60. The van der Waals surface area contributed by atoms with Crippen molar-refractivity contribution in [3.8, 4) is 0 Å². The third-order valence-corrected chi connectivity index (χ3v) is 3.80. The maximum Gasteiger partial charge on any atom is 0.0562 e. The zero-order valence-electron chi connectivity index (χ0n) is 9.00. The molecule has 0 aliphatic heterocycles. The van der Waals surface area contributed by atoms with E-state index in [4.69, 9.17) is 22.1 Å². The van der Waals surface area contributed by atoms with Gasteiger partial charge in [-0.3, -0.25) is 0 Å². The fraction of sp³-hybridized carbons (Fsp3) is 0.455. The normalized spacial score (nSPS) is 12.7. The Labute approximate surface area is 100 Å². The van der Waals surface area contributed by atoms with Crippen molar-refractivity contribution in [2.45, 2.75) is 23.5 Å². The third kappa shape index (κ3) is 3.93. The monoisotopic (exact) mass is 245 g/mol. The predicted molar refractivity (Wildman–Crippen MR) is 67.7 cm³/mol. The van der Waals surface area contributed by atoms with Gasteiger partial charge in [0.1, 0.15) is 0 Å². The van der Waals surface area contributed by atoms with E-state index in [0.29, 0.717) is 5.25 Å². The molecular weight excluding hydrogens is 230 g/mol. The number of halogens is 1. The molecule has 1 rings (SSSR count). The second kappa shape index (κ2) is 6.26. The van der Waals surface area contributed by atoms with Crippen LogP contribution in [0, 0.1) is 0 Å². The highest BCUT2D eigenvalue weighted by Crippen LogP contribution is 2.35. The highest BCUT2D eigenvalue weighted by molar-refractivity contribution is 8.00. The fourth-order valence-electron chi connectivity index (χ4n) is 1.19. The molecule has 84 valence electrons. The fourth-order valence-corrected chi connectivity index (χ4v) is 2.51. The number of nitrogens with two attached hydrogens (primary N) is 1. The summed E-state index contributed by atoms with van der Waals surface area (Å²) in [6.07, 6.45) is 0.992. The summed E-state index contributed by atoms with van der Waals surface area (Å²) in [4.78, 5) is 0.975. The minimum atomic E-state index is 0.451. The van der Waals surface area contributed by atoms with Gasteiger partial charge in [-0.2, -0.15) is 0 Å². The standard InChI is InChI=1S/C11H16ClNOS/c1-8(6-7-14-2)15-11-9(12)4-3-5-10(11)13/h3-5,8H,6-7,13H2,1-2H3. The zero-order valence-corrected chi connectivity index (χ0v) is 10.6. The van der Waals surface area contributed by atoms with Crippen LogP contribution in [-0.2, 0) is 4.74 Å². The Morgan fingerprint density at radius 3 is 2.87 bits per heavy atom. The van der Waals surface area contributed by atoms with Crippen molar-refractivity contribution in [3.63, 3.8) is 0 Å². The van der Waals surface area contributed by atoms with Gasteiger partial charge in [-0.25, -0.2) is 0 Å². The molecule has 0 spiro atoms. The van der Waals surface area contributed by atoms with Gasteiger partial charge in [0, 0.05) is 29.5 Å². The van der Waals surface area contributed by atoms with Gasteiger partial charge in [0.25, 0.3) is 0 Å². The number of methoxy groups -OCH3 is 1. The van der Waals surface area contributed by atoms with E-state index in [1.807, 2.05) is 18.2 Å². The van der Waals surface area contributed by atoms with Crippen molar-refractivity contribution in [1.82, 2.24) is 0 Å². The number of hydrogen-bond acceptors (Lipinski definition) is 3. The second-order valence-corrected chi connectivity index (χ2v) is 5.22. The first-order valence-electron chi connectivity index (χ1n) is 4.84. The molecule has 0 fully saturated rings. The van der Waals surface area contributed by atoms with Crippen LogP contribution in [-0.4, -0.2) is 19.0 Å². The van der Waals surface area contributed by atoms with E-state index in [2.05, 4.69) is 6.92 Å². The molecule has 4 heteroatoms. The summed E-state index contributed by atoms with van der Waals surface area (Å²) in [7, 11) is 1.71. The lowest BCUT2D eigenvalue weighted by atomic mass is 10.3. The number of thioether (sulfide) groups is 1. The van der Waals surface area contributed by atoms with Crippen LogP contribution in [0.15, 0.2) is 23.1 Å². The number of benzene rings is 1. The maximum atomic E-state index is 6.08. The molecule has 0 aliphatic rings. The lowest BCUT2D eigenvalue weighted by Gasteiger charge is -2.13. The van der Waals surface area contributed by atoms with Crippen LogP contribution < -0.4 is 5.73 Å². The topological polar surface area (TPSA) is 35.2 Å². The van der Waals surface area contributed by atoms with Crippen LogP contribution in [0.1, 0.15) is 13.3 Å². The maximum absolute atomic E-state index is 6.08. The first-order valence-corrected chi connectivity index (χ1v) is 6.10. The van der Waals surface area contributed by atoms with Crippen LogP contribution in [0.4, 0.5) is 5.69 Å². The summed E-state index contributed by atoms with van der Waals surface area (Å²) in [5.41, 5.74) is 6.61. The molecular formula is C11H16ClNOS. The van der Waals surface area contributed by atoms with Crippen LogP contribution >= 0.6 is 23.4 Å². The molecule has 1 unspecified atom stereocenters. The smallest absolute Gasteiger partial charge is 0.0562 e. The van der Waals surface area contributed by atoms with Crippen molar-refractivity contribution in [2.24, 2.45) is 0 Å². The lowest BCUT2D eigenvalue weighted by Crippen LogP contribution is -2.02. The van der Waals surface area contributed by atoms with Crippen LogP contribution in [0.2, 0.25) is 5.02 Å². The molecule has 0 radical (unpaired) electrons. The molecule has 1 aromatic rings. The van der Waals surface area contributed by atoms with E-state index in [1.165, 1.54) is 0 Å². The SMILES string of the molecule is COCCC(C)Sc1c(N)cccc1Cl. The van der Waals surface area contributed by atoms with Crippen molar-refractivity contribution in [1.29, 1.82) is 0 Å². The Balaban J connectivity index is 2.63. The Bertz CT molecular complexity index is 299. The first kappa shape index (κ1) is 12.7. The van der Waals surface area contributed by atoms with Crippen LogP contribution in [0.3, 0.4) is 0 Å². The summed E-state index contributed by atoms with van der Waals surface area (Å²) in [5, 5.41) is 1.18. The molecule has 1 atom stereocenters. The molecule has 0 saturated heterocycles. The number of hydrogen-bond donors (Lipinski definition) is 1. The van der Waals surface area contributed by atoms with Gasteiger partial charge < -0.3 is 10.5 Å². The Kier molecular flexibility index (Phi) is 5.29. The summed E-state index contributed by atoms with van der Waals surface area (Å²) in [6.45, 7) is 2.91. The van der Waals surface area contributed by atoms with Gasteiger partial charge in [0.15, 0.2) is 0 Å². The summed E-state index contributed by atoms with van der Waals surface area (Å²) < 4.78 is 5.03. The minimum absolute atomic E-state index is 0.451. The van der Waals surface area contributed by atoms with E-state index in [-0.39, 0.29) is 0 Å². The van der Waals surface area contributed by atoms with Crippen molar-refractivity contribution < 1.29 is 4.74 Å². The number of rotatable bonds is 5.